The van der Waals surface area contributed by atoms with Crippen molar-refractivity contribution in [2.24, 2.45) is 12.8 Å². The van der Waals surface area contributed by atoms with E-state index in [1.165, 1.54) is 24.3 Å². The number of hydrogen-bond donors (Lipinski definition) is 1. The van der Waals surface area contributed by atoms with Crippen molar-refractivity contribution >= 4 is 27.7 Å². The van der Waals surface area contributed by atoms with Crippen LogP contribution < -0.4 is 5.73 Å². The Bertz CT molecular complexity index is 385. The lowest BCUT2D eigenvalue weighted by molar-refractivity contribution is 0.577. The highest BCUT2D eigenvalue weighted by atomic mass is 79.9. The van der Waals surface area contributed by atoms with E-state index in [0.29, 0.717) is 5.25 Å². The molecule has 2 rings (SSSR count). The molecule has 0 spiro atoms. The van der Waals surface area contributed by atoms with E-state index in [1.807, 2.05) is 23.5 Å². The predicted octanol–water partition coefficient (Wildman–Crippen LogP) is 2.51. The van der Waals surface area contributed by atoms with Crippen LogP contribution in [0.1, 0.15) is 31.2 Å². The van der Waals surface area contributed by atoms with Crippen molar-refractivity contribution in [3.05, 3.63) is 15.9 Å². The molecule has 1 aromatic rings. The molecule has 1 aliphatic heterocycles. The number of rotatable bonds is 4. The maximum Gasteiger partial charge on any atom is 0.0766 e. The fourth-order valence-electron chi connectivity index (χ4n) is 2.34. The zero-order valence-electron chi connectivity index (χ0n) is 10.4. The summed E-state index contributed by atoms with van der Waals surface area (Å²) < 4.78 is 3.13. The summed E-state index contributed by atoms with van der Waals surface area (Å²) in [5.74, 6) is 1.27. The normalized spacial score (nSPS) is 22.0. The Morgan fingerprint density at radius 2 is 2.41 bits per heavy atom. The van der Waals surface area contributed by atoms with E-state index < -0.39 is 0 Å². The second kappa shape index (κ2) is 5.76. The van der Waals surface area contributed by atoms with Crippen LogP contribution in [0, 0.1) is 0 Å². The first-order chi connectivity index (χ1) is 8.13. The summed E-state index contributed by atoms with van der Waals surface area (Å²) in [5.41, 5.74) is 8.69. The van der Waals surface area contributed by atoms with Crippen LogP contribution in [0.25, 0.3) is 0 Å². The lowest BCUT2D eigenvalue weighted by atomic mass is 10.1. The van der Waals surface area contributed by atoms with Gasteiger partial charge in [-0.2, -0.15) is 16.9 Å². The van der Waals surface area contributed by atoms with Gasteiger partial charge >= 0.3 is 0 Å². The van der Waals surface area contributed by atoms with E-state index in [2.05, 4.69) is 28.0 Å². The second-order valence-electron chi connectivity index (χ2n) is 4.60. The van der Waals surface area contributed by atoms with E-state index in [0.717, 1.165) is 23.0 Å². The summed E-state index contributed by atoms with van der Waals surface area (Å²) >= 11 is 5.68. The van der Waals surface area contributed by atoms with Gasteiger partial charge in [0.05, 0.1) is 15.9 Å². The molecule has 0 saturated carbocycles. The van der Waals surface area contributed by atoms with Crippen LogP contribution in [0.4, 0.5) is 0 Å². The van der Waals surface area contributed by atoms with Gasteiger partial charge in [-0.1, -0.05) is 6.92 Å². The number of thioether (sulfide) groups is 1. The van der Waals surface area contributed by atoms with Gasteiger partial charge in [-0.3, -0.25) is 4.68 Å². The minimum absolute atomic E-state index is 0.249. The molecule has 0 aliphatic carbocycles. The van der Waals surface area contributed by atoms with Crippen molar-refractivity contribution in [1.29, 1.82) is 0 Å². The highest BCUT2D eigenvalue weighted by Gasteiger charge is 2.25. The first-order valence-corrected chi connectivity index (χ1v) is 8.05. The van der Waals surface area contributed by atoms with E-state index >= 15 is 0 Å². The lowest BCUT2D eigenvalue weighted by Crippen LogP contribution is -2.33. The molecule has 2 atom stereocenters. The highest BCUT2D eigenvalue weighted by molar-refractivity contribution is 9.10. The van der Waals surface area contributed by atoms with Crippen molar-refractivity contribution in [2.45, 2.75) is 43.9 Å². The summed E-state index contributed by atoms with van der Waals surface area (Å²) in [6, 6.07) is 0.249. The van der Waals surface area contributed by atoms with Gasteiger partial charge in [0.1, 0.15) is 0 Å². The number of nitrogens with zero attached hydrogens (tertiary/aromatic N) is 2. The molecule has 2 unspecified atom stereocenters. The molecule has 17 heavy (non-hydrogen) atoms. The Labute approximate surface area is 116 Å². The Morgan fingerprint density at radius 1 is 1.65 bits per heavy atom. The largest absolute Gasteiger partial charge is 0.326 e. The van der Waals surface area contributed by atoms with Crippen LogP contribution in [0.5, 0.6) is 0 Å². The first-order valence-electron chi connectivity index (χ1n) is 6.21. The Morgan fingerprint density at radius 3 is 2.94 bits per heavy atom. The van der Waals surface area contributed by atoms with Gasteiger partial charge < -0.3 is 5.73 Å². The zero-order chi connectivity index (χ0) is 12.4. The van der Waals surface area contributed by atoms with E-state index in [4.69, 9.17) is 5.73 Å². The van der Waals surface area contributed by atoms with Crippen LogP contribution in [0.15, 0.2) is 4.47 Å². The summed E-state index contributed by atoms with van der Waals surface area (Å²) in [6.07, 6.45) is 4.46. The molecular weight excluding hydrogens is 298 g/mol. The van der Waals surface area contributed by atoms with E-state index in [-0.39, 0.29) is 6.04 Å². The van der Waals surface area contributed by atoms with Gasteiger partial charge in [0, 0.05) is 24.8 Å². The van der Waals surface area contributed by atoms with E-state index in [1.54, 1.807) is 0 Å². The number of halogens is 1. The van der Waals surface area contributed by atoms with Gasteiger partial charge in [-0.15, -0.1) is 0 Å². The smallest absolute Gasteiger partial charge is 0.0766 e. The van der Waals surface area contributed by atoms with Crippen LogP contribution in [0.2, 0.25) is 0 Å². The average Bonchev–Trinajstić information content (AvgIpc) is 2.92. The van der Waals surface area contributed by atoms with Crippen molar-refractivity contribution in [2.75, 3.05) is 5.75 Å². The Hall–Kier alpha value is -0.000000000000000111. The standard InChI is InChI=1S/C12H20BrN3S/c1-3-9-12(13)10(16(2)15-9)7-8(14)11-5-4-6-17-11/h8,11H,3-7,14H2,1-2H3. The number of aromatic nitrogens is 2. The van der Waals surface area contributed by atoms with Gasteiger partial charge in [-0.05, 0) is 40.9 Å². The number of hydrogen-bond acceptors (Lipinski definition) is 3. The Kier molecular flexibility index (Phi) is 4.55. The first kappa shape index (κ1) is 13.4. The van der Waals surface area contributed by atoms with Gasteiger partial charge in [0.15, 0.2) is 0 Å². The summed E-state index contributed by atoms with van der Waals surface area (Å²) in [4.78, 5) is 0. The minimum Gasteiger partial charge on any atom is -0.326 e. The van der Waals surface area contributed by atoms with E-state index in [9.17, 15) is 0 Å². The maximum atomic E-state index is 6.32. The fourth-order valence-corrected chi connectivity index (χ4v) is 4.43. The lowest BCUT2D eigenvalue weighted by Gasteiger charge is -2.18. The van der Waals surface area contributed by atoms with Crippen molar-refractivity contribution in [3.8, 4) is 0 Å². The molecule has 1 aromatic heterocycles. The molecule has 1 fully saturated rings. The Balaban J connectivity index is 2.09. The molecule has 0 radical (unpaired) electrons. The van der Waals surface area contributed by atoms with Crippen molar-refractivity contribution in [3.63, 3.8) is 0 Å². The van der Waals surface area contributed by atoms with Gasteiger partial charge in [0.2, 0.25) is 0 Å². The molecule has 5 heteroatoms. The summed E-state index contributed by atoms with van der Waals surface area (Å²) in [5, 5.41) is 5.14. The molecule has 96 valence electrons. The molecule has 1 aliphatic rings. The topological polar surface area (TPSA) is 43.8 Å². The van der Waals surface area contributed by atoms with Crippen LogP contribution in [-0.2, 0) is 19.9 Å². The van der Waals surface area contributed by atoms with Gasteiger partial charge in [-0.25, -0.2) is 0 Å². The zero-order valence-corrected chi connectivity index (χ0v) is 12.9. The quantitative estimate of drug-likeness (QED) is 0.928. The third-order valence-corrected chi connectivity index (χ3v) is 5.83. The fraction of sp³-hybridized carbons (Fsp3) is 0.750. The molecule has 1 saturated heterocycles. The average molecular weight is 318 g/mol. The van der Waals surface area contributed by atoms with Crippen molar-refractivity contribution in [1.82, 2.24) is 9.78 Å². The third kappa shape index (κ3) is 2.88. The van der Waals surface area contributed by atoms with Gasteiger partial charge in [0.25, 0.3) is 0 Å². The molecule has 0 bridgehead atoms. The second-order valence-corrected chi connectivity index (χ2v) is 6.74. The molecule has 0 amide bonds. The summed E-state index contributed by atoms with van der Waals surface area (Å²) in [7, 11) is 2.01. The van der Waals surface area contributed by atoms with Crippen LogP contribution >= 0.6 is 27.7 Å². The SMILES string of the molecule is CCc1nn(C)c(CC(N)C2CCCS2)c1Br. The maximum absolute atomic E-state index is 6.32. The molecule has 2 N–H and O–H groups in total. The number of nitrogens with two attached hydrogens (primary N) is 1. The summed E-state index contributed by atoms with van der Waals surface area (Å²) in [6.45, 7) is 2.13. The molecular formula is C12H20BrN3S. The predicted molar refractivity (Wildman–Crippen MR) is 77.4 cm³/mol. The number of aryl methyl sites for hydroxylation is 2. The van der Waals surface area contributed by atoms with Crippen LogP contribution in [0.3, 0.4) is 0 Å². The monoisotopic (exact) mass is 317 g/mol. The third-order valence-electron chi connectivity index (χ3n) is 3.37. The van der Waals surface area contributed by atoms with Crippen molar-refractivity contribution < 1.29 is 0 Å². The molecule has 3 nitrogen and oxygen atoms in total. The molecule has 2 heterocycles. The van der Waals surface area contributed by atoms with Crippen LogP contribution in [-0.4, -0.2) is 26.8 Å². The molecule has 0 aromatic carbocycles. The minimum atomic E-state index is 0.249. The highest BCUT2D eigenvalue weighted by Crippen LogP contribution is 2.30.